The number of carboxylic acids is 1. The zero-order chi connectivity index (χ0) is 14.5. The van der Waals surface area contributed by atoms with E-state index in [9.17, 15) is 14.9 Å². The van der Waals surface area contributed by atoms with Crippen LogP contribution in [0.1, 0.15) is 13.3 Å². The molecule has 0 heterocycles. The second kappa shape index (κ2) is 6.53. The van der Waals surface area contributed by atoms with Crippen molar-refractivity contribution in [3.05, 3.63) is 34.4 Å². The number of thioether (sulfide) groups is 1. The van der Waals surface area contributed by atoms with Gasteiger partial charge in [-0.05, 0) is 32.5 Å². The smallest absolute Gasteiger partial charge is 0.323 e. The summed E-state index contributed by atoms with van der Waals surface area (Å²) in [5.74, 6) is -0.277. The molecule has 6 nitrogen and oxygen atoms in total. The molecule has 104 valence electrons. The molecule has 19 heavy (non-hydrogen) atoms. The highest BCUT2D eigenvalue weighted by Crippen LogP contribution is 2.24. The lowest BCUT2D eigenvalue weighted by Crippen LogP contribution is -2.47. The predicted octanol–water partition coefficient (Wildman–Crippen LogP) is 2.14. The fraction of sp³-hybridized carbons (Fsp3) is 0.417. The number of carbonyl (C=O) groups is 1. The van der Waals surface area contributed by atoms with E-state index in [2.05, 4.69) is 5.32 Å². The topological polar surface area (TPSA) is 92.5 Å². The Morgan fingerprint density at radius 1 is 1.47 bits per heavy atom. The van der Waals surface area contributed by atoms with Gasteiger partial charge in [0, 0.05) is 22.8 Å². The molecule has 1 rings (SSSR count). The fourth-order valence-electron chi connectivity index (χ4n) is 1.38. The molecule has 0 amide bonds. The Hall–Kier alpha value is -1.60. The van der Waals surface area contributed by atoms with Crippen molar-refractivity contribution in [2.45, 2.75) is 23.8 Å². The molecule has 0 aromatic heterocycles. The molecule has 0 fully saturated rings. The molecular weight excluding hydrogens is 268 g/mol. The first kappa shape index (κ1) is 15.5. The van der Waals surface area contributed by atoms with Crippen LogP contribution in [0.4, 0.5) is 5.69 Å². The molecule has 0 aliphatic heterocycles. The number of non-ortho nitro benzene ring substituents is 1. The molecule has 1 aromatic rings. The normalized spacial score (nSPS) is 13.8. The van der Waals surface area contributed by atoms with E-state index in [0.29, 0.717) is 12.2 Å². The summed E-state index contributed by atoms with van der Waals surface area (Å²) in [5, 5.41) is 22.4. The van der Waals surface area contributed by atoms with Crippen LogP contribution in [0, 0.1) is 10.1 Å². The zero-order valence-corrected chi connectivity index (χ0v) is 11.6. The number of nitro benzene ring substituents is 1. The maximum atomic E-state index is 11.1. The molecule has 0 aliphatic rings. The van der Waals surface area contributed by atoms with E-state index in [1.54, 1.807) is 26.1 Å². The van der Waals surface area contributed by atoms with E-state index in [1.165, 1.54) is 23.9 Å². The molecule has 1 atom stereocenters. The molecule has 0 spiro atoms. The van der Waals surface area contributed by atoms with Crippen molar-refractivity contribution in [2.75, 3.05) is 12.8 Å². The molecule has 0 saturated heterocycles. The van der Waals surface area contributed by atoms with Crippen molar-refractivity contribution in [1.82, 2.24) is 5.32 Å². The summed E-state index contributed by atoms with van der Waals surface area (Å²) in [6, 6.07) is 6.22. The van der Waals surface area contributed by atoms with Crippen LogP contribution in [0.5, 0.6) is 0 Å². The van der Waals surface area contributed by atoms with Gasteiger partial charge in [-0.1, -0.05) is 0 Å². The zero-order valence-electron chi connectivity index (χ0n) is 10.8. The van der Waals surface area contributed by atoms with Crippen LogP contribution in [0.3, 0.4) is 0 Å². The van der Waals surface area contributed by atoms with E-state index in [1.807, 2.05) is 0 Å². The molecule has 7 heteroatoms. The highest BCUT2D eigenvalue weighted by atomic mass is 32.2. The number of nitrogens with zero attached hydrogens (tertiary/aromatic N) is 1. The van der Waals surface area contributed by atoms with Crippen molar-refractivity contribution in [3.63, 3.8) is 0 Å². The monoisotopic (exact) mass is 284 g/mol. The summed E-state index contributed by atoms with van der Waals surface area (Å²) in [5.41, 5.74) is -0.900. The summed E-state index contributed by atoms with van der Waals surface area (Å²) in [6.45, 7) is 1.63. The van der Waals surface area contributed by atoms with Crippen LogP contribution >= 0.6 is 11.8 Å². The Kier molecular flexibility index (Phi) is 5.31. The number of benzene rings is 1. The lowest BCUT2D eigenvalue weighted by molar-refractivity contribution is -0.384. The van der Waals surface area contributed by atoms with Gasteiger partial charge in [0.15, 0.2) is 0 Å². The number of hydrogen-bond donors (Lipinski definition) is 2. The first-order valence-electron chi connectivity index (χ1n) is 5.68. The quantitative estimate of drug-likeness (QED) is 0.453. The van der Waals surface area contributed by atoms with E-state index in [4.69, 9.17) is 5.11 Å². The average Bonchev–Trinajstić information content (AvgIpc) is 2.38. The van der Waals surface area contributed by atoms with Crippen LogP contribution in [-0.2, 0) is 4.79 Å². The average molecular weight is 284 g/mol. The second-order valence-corrected chi connectivity index (χ2v) is 5.41. The van der Waals surface area contributed by atoms with Crippen LogP contribution in [0.25, 0.3) is 0 Å². The van der Waals surface area contributed by atoms with E-state index < -0.39 is 16.4 Å². The molecule has 0 saturated carbocycles. The molecule has 0 bridgehead atoms. The summed E-state index contributed by atoms with van der Waals surface area (Å²) in [7, 11) is 1.62. The van der Waals surface area contributed by atoms with Gasteiger partial charge in [0.25, 0.3) is 5.69 Å². The number of likely N-dealkylation sites (N-methyl/N-ethyl adjacent to an activating group) is 1. The summed E-state index contributed by atoms with van der Waals surface area (Å²) in [6.07, 6.45) is 0.459. The number of aliphatic carboxylic acids is 1. The lowest BCUT2D eigenvalue weighted by atomic mass is 10.00. The Bertz CT molecular complexity index is 463. The predicted molar refractivity (Wildman–Crippen MR) is 73.5 cm³/mol. The highest BCUT2D eigenvalue weighted by Gasteiger charge is 2.30. The van der Waals surface area contributed by atoms with Gasteiger partial charge in [0.1, 0.15) is 5.54 Å². The van der Waals surface area contributed by atoms with Crippen molar-refractivity contribution >= 4 is 23.4 Å². The Labute approximate surface area is 115 Å². The minimum absolute atomic E-state index is 0.0509. The summed E-state index contributed by atoms with van der Waals surface area (Å²) >= 11 is 1.47. The molecule has 0 aliphatic carbocycles. The largest absolute Gasteiger partial charge is 0.480 e. The van der Waals surface area contributed by atoms with Gasteiger partial charge in [-0.25, -0.2) is 0 Å². The molecular formula is C12H16N2O4S. The van der Waals surface area contributed by atoms with Gasteiger partial charge >= 0.3 is 5.97 Å². The number of nitro groups is 1. The maximum Gasteiger partial charge on any atom is 0.323 e. The third-order valence-electron chi connectivity index (χ3n) is 2.94. The van der Waals surface area contributed by atoms with Crippen LogP contribution in [-0.4, -0.2) is 34.3 Å². The maximum absolute atomic E-state index is 11.1. The molecule has 0 radical (unpaired) electrons. The van der Waals surface area contributed by atoms with Crippen molar-refractivity contribution in [3.8, 4) is 0 Å². The number of hydrogen-bond acceptors (Lipinski definition) is 5. The number of rotatable bonds is 7. The minimum atomic E-state index is -0.951. The molecule has 1 aromatic carbocycles. The molecule has 2 N–H and O–H groups in total. The molecule has 1 unspecified atom stereocenters. The highest BCUT2D eigenvalue weighted by molar-refractivity contribution is 7.99. The van der Waals surface area contributed by atoms with E-state index in [0.717, 1.165) is 4.90 Å². The summed E-state index contributed by atoms with van der Waals surface area (Å²) in [4.78, 5) is 22.0. The van der Waals surface area contributed by atoms with Gasteiger partial charge in [0.2, 0.25) is 0 Å². The first-order valence-corrected chi connectivity index (χ1v) is 6.67. The Morgan fingerprint density at radius 2 is 2.05 bits per heavy atom. The van der Waals surface area contributed by atoms with Crippen LogP contribution in [0.2, 0.25) is 0 Å². The lowest BCUT2D eigenvalue weighted by Gasteiger charge is -2.23. The van der Waals surface area contributed by atoms with Gasteiger partial charge in [-0.3, -0.25) is 14.9 Å². The van der Waals surface area contributed by atoms with Crippen LogP contribution in [0.15, 0.2) is 29.2 Å². The fourth-order valence-corrected chi connectivity index (χ4v) is 2.45. The standard InChI is InChI=1S/C12H16N2O4S/c1-12(13-2,11(15)16)7-8-19-10-5-3-9(4-6-10)14(17)18/h3-6,13H,7-8H2,1-2H3,(H,15,16). The third kappa shape index (κ3) is 4.22. The Morgan fingerprint density at radius 3 is 2.47 bits per heavy atom. The van der Waals surface area contributed by atoms with Crippen molar-refractivity contribution < 1.29 is 14.8 Å². The van der Waals surface area contributed by atoms with Crippen LogP contribution < -0.4 is 5.32 Å². The van der Waals surface area contributed by atoms with E-state index in [-0.39, 0.29) is 5.69 Å². The minimum Gasteiger partial charge on any atom is -0.480 e. The Balaban J connectivity index is 2.53. The van der Waals surface area contributed by atoms with Gasteiger partial charge in [-0.15, -0.1) is 11.8 Å². The van der Waals surface area contributed by atoms with Gasteiger partial charge in [-0.2, -0.15) is 0 Å². The SMILES string of the molecule is CNC(C)(CCSc1ccc([N+](=O)[O-])cc1)C(=O)O. The first-order chi connectivity index (χ1) is 8.89. The second-order valence-electron chi connectivity index (χ2n) is 4.24. The summed E-state index contributed by atoms with van der Waals surface area (Å²) < 4.78 is 0. The van der Waals surface area contributed by atoms with Gasteiger partial charge in [0.05, 0.1) is 4.92 Å². The number of nitrogens with one attached hydrogen (secondary N) is 1. The number of carboxylic acid groups (broad SMARTS) is 1. The third-order valence-corrected chi connectivity index (χ3v) is 3.96. The van der Waals surface area contributed by atoms with Gasteiger partial charge < -0.3 is 10.4 Å². The van der Waals surface area contributed by atoms with Crippen molar-refractivity contribution in [2.24, 2.45) is 0 Å². The van der Waals surface area contributed by atoms with E-state index >= 15 is 0 Å². The van der Waals surface area contributed by atoms with Crippen molar-refractivity contribution in [1.29, 1.82) is 0 Å².